The first-order valence-electron chi connectivity index (χ1n) is 6.66. The van der Waals surface area contributed by atoms with E-state index in [4.69, 9.17) is 0 Å². The lowest BCUT2D eigenvalue weighted by Gasteiger charge is -2.29. The van der Waals surface area contributed by atoms with Gasteiger partial charge < -0.3 is 4.57 Å². The molecular weight excluding hydrogens is 222 g/mol. The summed E-state index contributed by atoms with van der Waals surface area (Å²) in [4.78, 5) is 12.2. The van der Waals surface area contributed by atoms with E-state index < -0.39 is 0 Å². The molecule has 0 unspecified atom stereocenters. The first kappa shape index (κ1) is 13.1. The Morgan fingerprint density at radius 2 is 2.06 bits per heavy atom. The third-order valence-electron chi connectivity index (χ3n) is 3.68. The van der Waals surface area contributed by atoms with Crippen molar-refractivity contribution in [1.29, 1.82) is 0 Å². The van der Waals surface area contributed by atoms with E-state index in [0.29, 0.717) is 12.2 Å². The summed E-state index contributed by atoms with van der Waals surface area (Å²) in [7, 11) is 0. The standard InChI is InChI=1S/C16H23NO/c1-11(2)6-7-17-12(3)8-13-14(17)9-16(4,5)10-15(13)18/h6,8H,7,9-10H2,1-5H3. The monoisotopic (exact) mass is 245 g/mol. The van der Waals surface area contributed by atoms with Gasteiger partial charge in [-0.25, -0.2) is 0 Å². The van der Waals surface area contributed by atoms with Crippen LogP contribution in [0.15, 0.2) is 17.7 Å². The first-order chi connectivity index (χ1) is 8.30. The molecule has 0 bridgehead atoms. The second-order valence-electron chi connectivity index (χ2n) is 6.48. The Morgan fingerprint density at radius 1 is 1.39 bits per heavy atom. The van der Waals surface area contributed by atoms with E-state index in [2.05, 4.69) is 51.3 Å². The van der Waals surface area contributed by atoms with Crippen LogP contribution >= 0.6 is 0 Å². The van der Waals surface area contributed by atoms with E-state index in [0.717, 1.165) is 18.5 Å². The van der Waals surface area contributed by atoms with E-state index in [1.165, 1.54) is 17.0 Å². The van der Waals surface area contributed by atoms with E-state index >= 15 is 0 Å². The molecule has 2 rings (SSSR count). The molecule has 0 saturated heterocycles. The summed E-state index contributed by atoms with van der Waals surface area (Å²) < 4.78 is 2.29. The van der Waals surface area contributed by atoms with Gasteiger partial charge in [0.15, 0.2) is 5.78 Å². The molecule has 2 nitrogen and oxygen atoms in total. The van der Waals surface area contributed by atoms with Crippen molar-refractivity contribution in [3.63, 3.8) is 0 Å². The maximum absolute atomic E-state index is 12.2. The van der Waals surface area contributed by atoms with Crippen LogP contribution in [0.2, 0.25) is 0 Å². The SMILES string of the molecule is CC(C)=CCn1c(C)cc2c1CC(C)(C)CC2=O. The smallest absolute Gasteiger partial charge is 0.165 e. The number of aryl methyl sites for hydroxylation is 1. The van der Waals surface area contributed by atoms with E-state index in [1.807, 2.05) is 0 Å². The number of hydrogen-bond acceptors (Lipinski definition) is 1. The summed E-state index contributed by atoms with van der Waals surface area (Å²) in [6, 6.07) is 2.06. The van der Waals surface area contributed by atoms with Gasteiger partial charge in [0.1, 0.15) is 0 Å². The topological polar surface area (TPSA) is 22.0 Å². The summed E-state index contributed by atoms with van der Waals surface area (Å²) in [5.41, 5.74) is 4.79. The van der Waals surface area contributed by atoms with E-state index in [1.54, 1.807) is 0 Å². The number of Topliss-reactive ketones (excluding diaryl/α,β-unsaturated/α-hetero) is 1. The van der Waals surface area contributed by atoms with Crippen molar-refractivity contribution < 1.29 is 4.79 Å². The number of fused-ring (bicyclic) bond motifs is 1. The van der Waals surface area contributed by atoms with Crippen molar-refractivity contribution in [1.82, 2.24) is 4.57 Å². The number of carbonyl (C=O) groups is 1. The van der Waals surface area contributed by atoms with Crippen molar-refractivity contribution in [3.05, 3.63) is 34.7 Å². The predicted molar refractivity (Wildman–Crippen MR) is 75.0 cm³/mol. The molecule has 0 saturated carbocycles. The Hall–Kier alpha value is -1.31. The molecule has 98 valence electrons. The molecular formula is C16H23NO. The summed E-state index contributed by atoms with van der Waals surface area (Å²) >= 11 is 0. The molecule has 0 amide bonds. The normalized spacial score (nSPS) is 17.5. The van der Waals surface area contributed by atoms with Gasteiger partial charge in [-0.2, -0.15) is 0 Å². The molecule has 18 heavy (non-hydrogen) atoms. The molecule has 1 aromatic heterocycles. The first-order valence-corrected chi connectivity index (χ1v) is 6.66. The number of aromatic nitrogens is 1. The van der Waals surface area contributed by atoms with Gasteiger partial charge >= 0.3 is 0 Å². The van der Waals surface area contributed by atoms with Gasteiger partial charge in [0.2, 0.25) is 0 Å². The number of nitrogens with zero attached hydrogens (tertiary/aromatic N) is 1. The van der Waals surface area contributed by atoms with Crippen LogP contribution in [-0.2, 0) is 13.0 Å². The van der Waals surface area contributed by atoms with Gasteiger partial charge in [-0.05, 0) is 38.7 Å². The van der Waals surface area contributed by atoms with Crippen LogP contribution in [0.1, 0.15) is 55.9 Å². The summed E-state index contributed by atoms with van der Waals surface area (Å²) in [5.74, 6) is 0.306. The molecule has 0 radical (unpaired) electrons. The van der Waals surface area contributed by atoms with Gasteiger partial charge in [-0.1, -0.05) is 25.5 Å². The van der Waals surface area contributed by atoms with Crippen LogP contribution in [0.4, 0.5) is 0 Å². The highest BCUT2D eigenvalue weighted by molar-refractivity contribution is 5.99. The van der Waals surface area contributed by atoms with Crippen molar-refractivity contribution in [3.8, 4) is 0 Å². The molecule has 0 aromatic carbocycles. The van der Waals surface area contributed by atoms with Crippen LogP contribution in [-0.4, -0.2) is 10.4 Å². The second-order valence-corrected chi connectivity index (χ2v) is 6.48. The number of hydrogen-bond donors (Lipinski definition) is 0. The van der Waals surface area contributed by atoms with Crippen LogP contribution < -0.4 is 0 Å². The third-order valence-corrected chi connectivity index (χ3v) is 3.68. The average Bonchev–Trinajstić information content (AvgIpc) is 2.50. The minimum absolute atomic E-state index is 0.0948. The van der Waals surface area contributed by atoms with Crippen LogP contribution in [0.25, 0.3) is 0 Å². The zero-order valence-corrected chi connectivity index (χ0v) is 12.1. The molecule has 0 fully saturated rings. The quantitative estimate of drug-likeness (QED) is 0.724. The van der Waals surface area contributed by atoms with Gasteiger partial charge in [-0.3, -0.25) is 4.79 Å². The lowest BCUT2D eigenvalue weighted by atomic mass is 9.76. The summed E-state index contributed by atoms with van der Waals surface area (Å²) in [6.45, 7) is 11.6. The fraction of sp³-hybridized carbons (Fsp3) is 0.562. The highest BCUT2D eigenvalue weighted by Gasteiger charge is 2.33. The van der Waals surface area contributed by atoms with Crippen LogP contribution in [0.5, 0.6) is 0 Å². The highest BCUT2D eigenvalue weighted by Crippen LogP contribution is 2.36. The Labute approximate surface area is 110 Å². The lowest BCUT2D eigenvalue weighted by molar-refractivity contribution is 0.0910. The molecule has 0 aliphatic heterocycles. The summed E-state index contributed by atoms with van der Waals surface area (Å²) in [5, 5.41) is 0. The number of allylic oxidation sites excluding steroid dienone is 2. The number of rotatable bonds is 2. The minimum atomic E-state index is 0.0948. The maximum Gasteiger partial charge on any atom is 0.165 e. The Kier molecular flexibility index (Phi) is 3.22. The zero-order chi connectivity index (χ0) is 13.5. The molecule has 1 aliphatic carbocycles. The largest absolute Gasteiger partial charge is 0.344 e. The van der Waals surface area contributed by atoms with Gasteiger partial charge in [0.05, 0.1) is 0 Å². The average molecular weight is 245 g/mol. The number of ketones is 1. The van der Waals surface area contributed by atoms with Crippen molar-refractivity contribution in [2.75, 3.05) is 0 Å². The fourth-order valence-corrected chi connectivity index (χ4v) is 2.73. The van der Waals surface area contributed by atoms with Gasteiger partial charge in [0, 0.05) is 29.9 Å². The minimum Gasteiger partial charge on any atom is -0.344 e. The molecule has 0 atom stereocenters. The van der Waals surface area contributed by atoms with Crippen molar-refractivity contribution in [2.24, 2.45) is 5.41 Å². The Morgan fingerprint density at radius 3 is 2.67 bits per heavy atom. The fourth-order valence-electron chi connectivity index (χ4n) is 2.73. The molecule has 0 spiro atoms. The Balaban J connectivity index is 2.44. The van der Waals surface area contributed by atoms with Crippen molar-refractivity contribution >= 4 is 5.78 Å². The second kappa shape index (κ2) is 4.42. The molecule has 0 N–H and O–H groups in total. The van der Waals surface area contributed by atoms with Gasteiger partial charge in [-0.15, -0.1) is 0 Å². The highest BCUT2D eigenvalue weighted by atomic mass is 16.1. The van der Waals surface area contributed by atoms with Crippen LogP contribution in [0.3, 0.4) is 0 Å². The predicted octanol–water partition coefficient (Wildman–Crippen LogP) is 3.92. The van der Waals surface area contributed by atoms with Crippen molar-refractivity contribution in [2.45, 2.75) is 54.0 Å². The molecule has 1 aromatic rings. The molecule has 1 heterocycles. The third kappa shape index (κ3) is 2.43. The zero-order valence-electron chi connectivity index (χ0n) is 12.1. The molecule has 1 aliphatic rings. The van der Waals surface area contributed by atoms with Gasteiger partial charge in [0.25, 0.3) is 0 Å². The lowest BCUT2D eigenvalue weighted by Crippen LogP contribution is -2.28. The van der Waals surface area contributed by atoms with Crippen LogP contribution in [0, 0.1) is 12.3 Å². The summed E-state index contributed by atoms with van der Waals surface area (Å²) in [6.07, 6.45) is 3.89. The van der Waals surface area contributed by atoms with E-state index in [-0.39, 0.29) is 5.41 Å². The number of carbonyl (C=O) groups excluding carboxylic acids is 1. The molecule has 2 heteroatoms. The van der Waals surface area contributed by atoms with E-state index in [9.17, 15) is 4.79 Å². The Bertz CT molecular complexity index is 513. The maximum atomic E-state index is 12.2.